The molecule has 0 amide bonds. The maximum atomic E-state index is 11.8. The van der Waals surface area contributed by atoms with Crippen LogP contribution < -0.4 is 0 Å². The van der Waals surface area contributed by atoms with E-state index in [2.05, 4.69) is 28.6 Å². The number of nitrogens with zero attached hydrogens (tertiary/aromatic N) is 3. The maximum absolute atomic E-state index is 11.8. The van der Waals surface area contributed by atoms with Gasteiger partial charge in [0.25, 0.3) is 0 Å². The number of benzene rings is 1. The van der Waals surface area contributed by atoms with Gasteiger partial charge >= 0.3 is 0 Å². The lowest BCUT2D eigenvalue weighted by atomic mass is 9.96. The Balaban J connectivity index is 1.74. The van der Waals surface area contributed by atoms with Gasteiger partial charge in [-0.05, 0) is 31.2 Å². The van der Waals surface area contributed by atoms with Crippen molar-refractivity contribution in [2.24, 2.45) is 5.92 Å². The Labute approximate surface area is 144 Å². The van der Waals surface area contributed by atoms with Crippen molar-refractivity contribution in [1.29, 1.82) is 0 Å². The third kappa shape index (κ3) is 4.05. The van der Waals surface area contributed by atoms with Gasteiger partial charge < -0.3 is 4.57 Å². The molecule has 1 fully saturated rings. The lowest BCUT2D eigenvalue weighted by Gasteiger charge is -2.30. The zero-order valence-corrected chi connectivity index (χ0v) is 15.2. The van der Waals surface area contributed by atoms with E-state index in [1.54, 1.807) is 4.31 Å². The summed E-state index contributed by atoms with van der Waals surface area (Å²) in [5, 5.41) is 0. The van der Waals surface area contributed by atoms with Crippen LogP contribution in [0.3, 0.4) is 0 Å². The van der Waals surface area contributed by atoms with Gasteiger partial charge in [-0.2, -0.15) is 0 Å². The molecule has 1 aromatic carbocycles. The fourth-order valence-electron chi connectivity index (χ4n) is 3.41. The van der Waals surface area contributed by atoms with Gasteiger partial charge in [0.2, 0.25) is 10.0 Å². The van der Waals surface area contributed by atoms with Crippen LogP contribution in [-0.4, -0.2) is 41.6 Å². The molecule has 1 aliphatic rings. The van der Waals surface area contributed by atoms with Crippen LogP contribution in [0.4, 0.5) is 0 Å². The second kappa shape index (κ2) is 7.07. The molecule has 1 unspecified atom stereocenters. The predicted molar refractivity (Wildman–Crippen MR) is 95.4 cm³/mol. The van der Waals surface area contributed by atoms with Crippen molar-refractivity contribution in [2.75, 3.05) is 19.3 Å². The minimum absolute atomic E-state index is 0.338. The van der Waals surface area contributed by atoms with E-state index in [1.165, 1.54) is 11.8 Å². The number of piperidine rings is 1. The lowest BCUT2D eigenvalue weighted by Crippen LogP contribution is -2.40. The van der Waals surface area contributed by atoms with E-state index in [0.717, 1.165) is 37.3 Å². The Morgan fingerprint density at radius 1 is 1.25 bits per heavy atom. The summed E-state index contributed by atoms with van der Waals surface area (Å²) in [5.41, 5.74) is 2.39. The number of rotatable bonds is 5. The molecule has 1 aromatic heterocycles. The fourth-order valence-corrected chi connectivity index (χ4v) is 4.35. The Hall–Kier alpha value is -1.66. The lowest BCUT2D eigenvalue weighted by molar-refractivity contribution is 0.263. The third-order valence-corrected chi connectivity index (χ3v) is 6.01. The van der Waals surface area contributed by atoms with Gasteiger partial charge in [-0.25, -0.2) is 17.7 Å². The van der Waals surface area contributed by atoms with Gasteiger partial charge in [-0.1, -0.05) is 30.3 Å². The number of aryl methyl sites for hydroxylation is 1. The normalized spacial score (nSPS) is 19.5. The van der Waals surface area contributed by atoms with Crippen LogP contribution in [0, 0.1) is 12.8 Å². The molecule has 0 aliphatic carbocycles. The van der Waals surface area contributed by atoms with Gasteiger partial charge in [0.05, 0.1) is 6.26 Å². The molecular weight excluding hydrogens is 322 g/mol. The highest BCUT2D eigenvalue weighted by atomic mass is 32.2. The molecule has 1 aliphatic heterocycles. The van der Waals surface area contributed by atoms with Gasteiger partial charge in [-0.15, -0.1) is 0 Å². The summed E-state index contributed by atoms with van der Waals surface area (Å²) in [6.07, 6.45) is 6.03. The van der Waals surface area contributed by atoms with Crippen LogP contribution in [-0.2, 0) is 23.0 Å². The first kappa shape index (κ1) is 17.2. The van der Waals surface area contributed by atoms with E-state index in [0.29, 0.717) is 19.0 Å². The van der Waals surface area contributed by atoms with E-state index < -0.39 is 10.0 Å². The minimum Gasteiger partial charge on any atom is -0.328 e. The highest BCUT2D eigenvalue weighted by Gasteiger charge is 2.27. The third-order valence-electron chi connectivity index (χ3n) is 4.74. The number of aromatic nitrogens is 2. The molecule has 0 spiro atoms. The molecule has 2 heterocycles. The van der Waals surface area contributed by atoms with Crippen LogP contribution >= 0.6 is 0 Å². The van der Waals surface area contributed by atoms with Gasteiger partial charge in [0.1, 0.15) is 5.82 Å². The Morgan fingerprint density at radius 2 is 2.00 bits per heavy atom. The largest absolute Gasteiger partial charge is 0.328 e. The molecule has 2 aromatic rings. The quantitative estimate of drug-likeness (QED) is 0.835. The van der Waals surface area contributed by atoms with Crippen molar-refractivity contribution in [3.05, 3.63) is 53.6 Å². The van der Waals surface area contributed by atoms with Gasteiger partial charge in [-0.3, -0.25) is 0 Å². The molecule has 1 atom stereocenters. The van der Waals surface area contributed by atoms with Crippen molar-refractivity contribution in [2.45, 2.75) is 32.7 Å². The average Bonchev–Trinajstić information content (AvgIpc) is 2.89. The van der Waals surface area contributed by atoms with Crippen LogP contribution in [0.1, 0.15) is 29.9 Å². The van der Waals surface area contributed by atoms with Crippen LogP contribution in [0.25, 0.3) is 0 Å². The first-order chi connectivity index (χ1) is 11.4. The molecule has 1 saturated heterocycles. The summed E-state index contributed by atoms with van der Waals surface area (Å²) in [6.45, 7) is 4.14. The minimum atomic E-state index is -3.10. The molecule has 24 heavy (non-hydrogen) atoms. The molecular formula is C18H25N3O2S. The molecule has 3 rings (SSSR count). The van der Waals surface area contributed by atoms with Crippen molar-refractivity contribution in [3.63, 3.8) is 0 Å². The van der Waals surface area contributed by atoms with E-state index in [4.69, 9.17) is 0 Å². The standard InChI is InChI=1S/C18H25N3O2S/c1-15-12-19-18(21(15)14-16-7-4-3-5-8-16)11-17-9-6-10-20(13-17)24(2,22)23/h3-5,7-8,12,17H,6,9-11,13-14H2,1-2H3. The average molecular weight is 347 g/mol. The number of hydrogen-bond acceptors (Lipinski definition) is 3. The first-order valence-electron chi connectivity index (χ1n) is 8.43. The predicted octanol–water partition coefficient (Wildman–Crippen LogP) is 2.45. The van der Waals surface area contributed by atoms with E-state index in [-0.39, 0.29) is 0 Å². The molecule has 0 bridgehead atoms. The van der Waals surface area contributed by atoms with Crippen LogP contribution in [0.15, 0.2) is 36.5 Å². The number of imidazole rings is 1. The Kier molecular flexibility index (Phi) is 5.06. The molecule has 5 nitrogen and oxygen atoms in total. The summed E-state index contributed by atoms with van der Waals surface area (Å²) < 4.78 is 27.5. The highest BCUT2D eigenvalue weighted by molar-refractivity contribution is 7.88. The zero-order chi connectivity index (χ0) is 17.2. The second-order valence-electron chi connectivity index (χ2n) is 6.72. The Morgan fingerprint density at radius 3 is 2.71 bits per heavy atom. The fraction of sp³-hybridized carbons (Fsp3) is 0.500. The number of hydrogen-bond donors (Lipinski definition) is 0. The summed E-state index contributed by atoms with van der Waals surface area (Å²) in [6, 6.07) is 10.4. The van der Waals surface area contributed by atoms with Crippen molar-refractivity contribution in [3.8, 4) is 0 Å². The van der Waals surface area contributed by atoms with Gasteiger partial charge in [0.15, 0.2) is 0 Å². The second-order valence-corrected chi connectivity index (χ2v) is 8.70. The van der Waals surface area contributed by atoms with Crippen molar-refractivity contribution in [1.82, 2.24) is 13.9 Å². The molecule has 130 valence electrons. The molecule has 0 saturated carbocycles. The topological polar surface area (TPSA) is 55.2 Å². The molecule has 6 heteroatoms. The van der Waals surface area contributed by atoms with Crippen molar-refractivity contribution < 1.29 is 8.42 Å². The van der Waals surface area contributed by atoms with Crippen LogP contribution in [0.5, 0.6) is 0 Å². The summed E-state index contributed by atoms with van der Waals surface area (Å²) >= 11 is 0. The molecule has 0 N–H and O–H groups in total. The summed E-state index contributed by atoms with van der Waals surface area (Å²) in [4.78, 5) is 4.59. The highest BCUT2D eigenvalue weighted by Crippen LogP contribution is 2.23. The van der Waals surface area contributed by atoms with Crippen molar-refractivity contribution >= 4 is 10.0 Å². The van der Waals surface area contributed by atoms with E-state index in [9.17, 15) is 8.42 Å². The summed E-state index contributed by atoms with van der Waals surface area (Å²) in [5.74, 6) is 1.39. The zero-order valence-electron chi connectivity index (χ0n) is 14.4. The number of sulfonamides is 1. The SMILES string of the molecule is Cc1cnc(CC2CCCN(S(C)(=O)=O)C2)n1Cc1ccccc1. The smallest absolute Gasteiger partial charge is 0.211 e. The molecule has 0 radical (unpaired) electrons. The first-order valence-corrected chi connectivity index (χ1v) is 10.3. The maximum Gasteiger partial charge on any atom is 0.211 e. The summed E-state index contributed by atoms with van der Waals surface area (Å²) in [7, 11) is -3.10. The monoisotopic (exact) mass is 347 g/mol. The van der Waals surface area contributed by atoms with E-state index >= 15 is 0 Å². The van der Waals surface area contributed by atoms with Gasteiger partial charge in [0, 0.05) is 37.9 Å². The van der Waals surface area contributed by atoms with Crippen LogP contribution in [0.2, 0.25) is 0 Å². The van der Waals surface area contributed by atoms with E-state index in [1.807, 2.05) is 24.4 Å². The Bertz CT molecular complexity index is 784.